The van der Waals surface area contributed by atoms with Crippen LogP contribution < -0.4 is 0 Å². The number of benzene rings is 1. The maximum absolute atomic E-state index is 11.2. The van der Waals surface area contributed by atoms with E-state index < -0.39 is 0 Å². The van der Waals surface area contributed by atoms with E-state index >= 15 is 0 Å². The number of esters is 1. The Bertz CT molecular complexity index is 421. The van der Waals surface area contributed by atoms with Crippen LogP contribution in [-0.2, 0) is 28.8 Å². The lowest BCUT2D eigenvalue weighted by Crippen LogP contribution is -2.07. The van der Waals surface area contributed by atoms with E-state index in [1.54, 1.807) is 0 Å². The Kier molecular flexibility index (Phi) is 3.51. The maximum Gasteiger partial charge on any atom is 0.309 e. The smallest absolute Gasteiger partial charge is 0.309 e. The molecular formula is C15H20O2. The Morgan fingerprint density at radius 2 is 2.06 bits per heavy atom. The molecule has 1 atom stereocenters. The second kappa shape index (κ2) is 4.91. The van der Waals surface area contributed by atoms with Gasteiger partial charge in [0.1, 0.15) is 0 Å². The molecule has 1 aliphatic carbocycles. The Labute approximate surface area is 103 Å². The minimum absolute atomic E-state index is 0.164. The number of methoxy groups -OCH3 is 1. The van der Waals surface area contributed by atoms with E-state index in [1.165, 1.54) is 24.7 Å². The molecule has 0 saturated heterocycles. The van der Waals surface area contributed by atoms with Crippen LogP contribution in [0.2, 0.25) is 0 Å². The number of fused-ring (bicyclic) bond motifs is 1. The van der Waals surface area contributed by atoms with E-state index in [2.05, 4.69) is 32.0 Å². The van der Waals surface area contributed by atoms with Gasteiger partial charge in [0.2, 0.25) is 0 Å². The first-order valence-electron chi connectivity index (χ1n) is 6.27. The van der Waals surface area contributed by atoms with Gasteiger partial charge in [-0.2, -0.15) is 0 Å². The summed E-state index contributed by atoms with van der Waals surface area (Å²) in [6.07, 6.45) is 2.73. The van der Waals surface area contributed by atoms with E-state index in [1.807, 2.05) is 0 Å². The van der Waals surface area contributed by atoms with Crippen molar-refractivity contribution in [3.63, 3.8) is 0 Å². The maximum atomic E-state index is 11.2. The van der Waals surface area contributed by atoms with Gasteiger partial charge >= 0.3 is 5.97 Å². The topological polar surface area (TPSA) is 26.3 Å². The quantitative estimate of drug-likeness (QED) is 0.749. The highest BCUT2D eigenvalue weighted by Crippen LogP contribution is 2.32. The first-order valence-corrected chi connectivity index (χ1v) is 6.27. The fraction of sp³-hybridized carbons (Fsp3) is 0.533. The summed E-state index contributed by atoms with van der Waals surface area (Å²) in [7, 11) is 1.44. The Morgan fingerprint density at radius 3 is 2.71 bits per heavy atom. The van der Waals surface area contributed by atoms with E-state index in [-0.39, 0.29) is 5.97 Å². The predicted molar refractivity (Wildman–Crippen MR) is 67.9 cm³/mol. The molecule has 0 aliphatic heterocycles. The first kappa shape index (κ1) is 12.2. The number of carbonyl (C=O) groups excluding carboxylic acids is 1. The Balaban J connectivity index is 2.12. The highest BCUT2D eigenvalue weighted by Gasteiger charge is 2.24. The second-order valence-electron chi connectivity index (χ2n) is 5.27. The summed E-state index contributed by atoms with van der Waals surface area (Å²) in [5.41, 5.74) is 3.95. The standard InChI is InChI=1S/C15H20O2/c1-10(2)13-8-12-5-4-11(6-14(12)9-13)7-15(16)17-3/h4-6,10,13H,7-9H2,1-3H3. The largest absolute Gasteiger partial charge is 0.469 e. The summed E-state index contributed by atoms with van der Waals surface area (Å²) in [5, 5.41) is 0. The molecule has 1 unspecified atom stereocenters. The summed E-state index contributed by atoms with van der Waals surface area (Å²) < 4.78 is 4.69. The van der Waals surface area contributed by atoms with Gasteiger partial charge < -0.3 is 4.74 Å². The average molecular weight is 232 g/mol. The van der Waals surface area contributed by atoms with Gasteiger partial charge in [-0.05, 0) is 41.4 Å². The van der Waals surface area contributed by atoms with Gasteiger partial charge in [0.15, 0.2) is 0 Å². The van der Waals surface area contributed by atoms with Crippen molar-refractivity contribution in [3.05, 3.63) is 34.9 Å². The van der Waals surface area contributed by atoms with Crippen molar-refractivity contribution in [1.29, 1.82) is 0 Å². The molecule has 1 aromatic carbocycles. The van der Waals surface area contributed by atoms with Crippen LogP contribution in [0.25, 0.3) is 0 Å². The third-order valence-corrected chi connectivity index (χ3v) is 3.75. The van der Waals surface area contributed by atoms with Crippen LogP contribution in [0.5, 0.6) is 0 Å². The highest BCUT2D eigenvalue weighted by molar-refractivity contribution is 5.72. The molecule has 2 nitrogen and oxygen atoms in total. The van der Waals surface area contributed by atoms with Crippen LogP contribution in [0.3, 0.4) is 0 Å². The molecule has 0 radical (unpaired) electrons. The number of hydrogen-bond donors (Lipinski definition) is 0. The number of ether oxygens (including phenoxy) is 1. The van der Waals surface area contributed by atoms with Crippen molar-refractivity contribution in [1.82, 2.24) is 0 Å². The summed E-state index contributed by atoms with van der Waals surface area (Å²) in [4.78, 5) is 11.2. The fourth-order valence-corrected chi connectivity index (χ4v) is 2.53. The molecule has 0 N–H and O–H groups in total. The zero-order chi connectivity index (χ0) is 12.4. The van der Waals surface area contributed by atoms with E-state index in [9.17, 15) is 4.79 Å². The average Bonchev–Trinajstić information content (AvgIpc) is 2.72. The third-order valence-electron chi connectivity index (χ3n) is 3.75. The zero-order valence-electron chi connectivity index (χ0n) is 10.8. The fourth-order valence-electron chi connectivity index (χ4n) is 2.53. The zero-order valence-corrected chi connectivity index (χ0v) is 10.8. The normalized spacial score (nSPS) is 18.2. The van der Waals surface area contributed by atoms with Gasteiger partial charge in [0, 0.05) is 0 Å². The molecular weight excluding hydrogens is 212 g/mol. The molecule has 0 spiro atoms. The van der Waals surface area contributed by atoms with Crippen molar-refractivity contribution < 1.29 is 9.53 Å². The summed E-state index contributed by atoms with van der Waals surface area (Å²) in [6, 6.07) is 6.41. The van der Waals surface area contributed by atoms with Gasteiger partial charge in [0.25, 0.3) is 0 Å². The van der Waals surface area contributed by atoms with E-state index in [0.717, 1.165) is 23.8 Å². The second-order valence-corrected chi connectivity index (χ2v) is 5.27. The summed E-state index contributed by atoms with van der Waals surface area (Å²) in [5.74, 6) is 1.33. The van der Waals surface area contributed by atoms with E-state index in [0.29, 0.717) is 6.42 Å². The van der Waals surface area contributed by atoms with Gasteiger partial charge in [-0.1, -0.05) is 32.0 Å². The van der Waals surface area contributed by atoms with Gasteiger partial charge in [-0.25, -0.2) is 0 Å². The summed E-state index contributed by atoms with van der Waals surface area (Å²) >= 11 is 0. The van der Waals surface area contributed by atoms with Crippen LogP contribution in [0.1, 0.15) is 30.5 Å². The molecule has 1 aliphatic rings. The van der Waals surface area contributed by atoms with Crippen LogP contribution in [0.4, 0.5) is 0 Å². The molecule has 0 saturated carbocycles. The van der Waals surface area contributed by atoms with Crippen molar-refractivity contribution in [2.45, 2.75) is 33.1 Å². The molecule has 92 valence electrons. The molecule has 2 rings (SSSR count). The predicted octanol–water partition coefficient (Wildman–Crippen LogP) is 2.77. The minimum Gasteiger partial charge on any atom is -0.469 e. The van der Waals surface area contributed by atoms with Crippen molar-refractivity contribution in [2.75, 3.05) is 7.11 Å². The molecule has 0 heterocycles. The number of rotatable bonds is 3. The number of carbonyl (C=O) groups is 1. The SMILES string of the molecule is COC(=O)Cc1ccc2c(c1)CC(C(C)C)C2. The molecule has 2 heteroatoms. The molecule has 0 bridgehead atoms. The van der Waals surface area contributed by atoms with Gasteiger partial charge in [0.05, 0.1) is 13.5 Å². The minimum atomic E-state index is -0.164. The monoisotopic (exact) mass is 232 g/mol. The van der Waals surface area contributed by atoms with Crippen LogP contribution in [-0.4, -0.2) is 13.1 Å². The van der Waals surface area contributed by atoms with Crippen LogP contribution in [0, 0.1) is 11.8 Å². The Hall–Kier alpha value is -1.31. The molecule has 0 aromatic heterocycles. The van der Waals surface area contributed by atoms with Crippen molar-refractivity contribution in [3.8, 4) is 0 Å². The van der Waals surface area contributed by atoms with E-state index in [4.69, 9.17) is 4.74 Å². The first-order chi connectivity index (χ1) is 8.10. The molecule has 0 amide bonds. The van der Waals surface area contributed by atoms with Crippen LogP contribution in [0.15, 0.2) is 18.2 Å². The highest BCUT2D eigenvalue weighted by atomic mass is 16.5. The lowest BCUT2D eigenvalue weighted by Gasteiger charge is -2.12. The lowest BCUT2D eigenvalue weighted by atomic mass is 9.93. The lowest BCUT2D eigenvalue weighted by molar-refractivity contribution is -0.139. The van der Waals surface area contributed by atoms with Gasteiger partial charge in [-0.3, -0.25) is 4.79 Å². The molecule has 17 heavy (non-hydrogen) atoms. The third kappa shape index (κ3) is 2.68. The van der Waals surface area contributed by atoms with Crippen LogP contribution >= 0.6 is 0 Å². The van der Waals surface area contributed by atoms with Gasteiger partial charge in [-0.15, -0.1) is 0 Å². The molecule has 0 fully saturated rings. The summed E-state index contributed by atoms with van der Waals surface area (Å²) in [6.45, 7) is 4.57. The number of hydrogen-bond acceptors (Lipinski definition) is 2. The Morgan fingerprint density at radius 1 is 1.35 bits per heavy atom. The molecule has 1 aromatic rings. The van der Waals surface area contributed by atoms with Crippen molar-refractivity contribution >= 4 is 5.97 Å². The van der Waals surface area contributed by atoms with Crippen molar-refractivity contribution in [2.24, 2.45) is 11.8 Å².